The van der Waals surface area contributed by atoms with Crippen LogP contribution in [0.25, 0.3) is 0 Å². The number of hydrogen-bond acceptors (Lipinski definition) is 3. The van der Waals surface area contributed by atoms with Gasteiger partial charge in [-0.25, -0.2) is 0 Å². The van der Waals surface area contributed by atoms with E-state index in [1.165, 1.54) is 4.90 Å². The number of ether oxygens (including phenoxy) is 1. The van der Waals surface area contributed by atoms with Crippen LogP contribution in [0.2, 0.25) is 0 Å². The van der Waals surface area contributed by atoms with Gasteiger partial charge in [-0.15, -0.1) is 0 Å². The molecule has 0 aliphatic rings. The summed E-state index contributed by atoms with van der Waals surface area (Å²) in [6, 6.07) is 5.55. The van der Waals surface area contributed by atoms with Gasteiger partial charge in [0.05, 0.1) is 0 Å². The average Bonchev–Trinajstić information content (AvgIpc) is 2.34. The van der Waals surface area contributed by atoms with Crippen molar-refractivity contribution in [1.82, 2.24) is 4.90 Å². The second-order valence-corrected chi connectivity index (χ2v) is 5.02. The van der Waals surface area contributed by atoms with Crippen LogP contribution in [0.5, 0.6) is 5.75 Å². The maximum atomic E-state index is 12.1. The molecule has 20 heavy (non-hydrogen) atoms. The van der Waals surface area contributed by atoms with E-state index in [0.29, 0.717) is 5.75 Å². The Morgan fingerprint density at radius 1 is 1.25 bits per heavy atom. The number of aliphatic carboxylic acids is 1. The predicted octanol–water partition coefficient (Wildman–Crippen LogP) is 2.00. The lowest BCUT2D eigenvalue weighted by molar-refractivity contribution is -0.146. The van der Waals surface area contributed by atoms with E-state index >= 15 is 0 Å². The molecule has 0 aliphatic heterocycles. The van der Waals surface area contributed by atoms with Crippen molar-refractivity contribution in [2.24, 2.45) is 0 Å². The topological polar surface area (TPSA) is 66.8 Å². The van der Waals surface area contributed by atoms with Crippen molar-refractivity contribution in [1.29, 1.82) is 0 Å². The number of nitrogens with zero attached hydrogens (tertiary/aromatic N) is 1. The van der Waals surface area contributed by atoms with Crippen LogP contribution in [0.3, 0.4) is 0 Å². The Hall–Kier alpha value is -2.04. The minimum absolute atomic E-state index is 0.156. The Kier molecular flexibility index (Phi) is 5.55. The van der Waals surface area contributed by atoms with E-state index in [4.69, 9.17) is 9.84 Å². The van der Waals surface area contributed by atoms with Crippen molar-refractivity contribution in [3.05, 3.63) is 29.3 Å². The molecule has 0 fully saturated rings. The molecule has 0 saturated carbocycles. The van der Waals surface area contributed by atoms with Gasteiger partial charge in [0.15, 0.2) is 6.61 Å². The van der Waals surface area contributed by atoms with Crippen LogP contribution in [-0.2, 0) is 9.59 Å². The Labute approximate surface area is 119 Å². The fourth-order valence-electron chi connectivity index (χ4n) is 1.95. The predicted molar refractivity (Wildman–Crippen MR) is 75.9 cm³/mol. The summed E-state index contributed by atoms with van der Waals surface area (Å²) >= 11 is 0. The van der Waals surface area contributed by atoms with Gasteiger partial charge >= 0.3 is 5.97 Å². The molecule has 0 bridgehead atoms. The standard InChI is InChI=1S/C15H21NO4/c1-10(2)16(8-14(18)19)13(17)9-20-15-11(3)6-5-7-12(15)4/h5-7,10H,8-9H2,1-4H3,(H,18,19). The van der Waals surface area contributed by atoms with Gasteiger partial charge in [0, 0.05) is 6.04 Å². The van der Waals surface area contributed by atoms with E-state index in [0.717, 1.165) is 11.1 Å². The van der Waals surface area contributed by atoms with Crippen LogP contribution in [0.4, 0.5) is 0 Å². The summed E-state index contributed by atoms with van der Waals surface area (Å²) in [5.74, 6) is -0.677. The summed E-state index contributed by atoms with van der Waals surface area (Å²) in [6.45, 7) is 6.90. The smallest absolute Gasteiger partial charge is 0.323 e. The third-order valence-electron chi connectivity index (χ3n) is 3.00. The van der Waals surface area contributed by atoms with Gasteiger partial charge in [-0.2, -0.15) is 0 Å². The summed E-state index contributed by atoms with van der Waals surface area (Å²) < 4.78 is 5.56. The number of carbonyl (C=O) groups is 2. The highest BCUT2D eigenvalue weighted by Gasteiger charge is 2.20. The number of para-hydroxylation sites is 1. The molecule has 5 heteroatoms. The largest absolute Gasteiger partial charge is 0.483 e. The summed E-state index contributed by atoms with van der Waals surface area (Å²) in [5, 5.41) is 8.82. The van der Waals surface area contributed by atoms with Crippen LogP contribution in [0.15, 0.2) is 18.2 Å². The fourth-order valence-corrected chi connectivity index (χ4v) is 1.95. The van der Waals surface area contributed by atoms with E-state index in [-0.39, 0.29) is 25.1 Å². The molecular formula is C15H21NO4. The lowest BCUT2D eigenvalue weighted by atomic mass is 10.1. The summed E-state index contributed by atoms with van der Waals surface area (Å²) in [7, 11) is 0. The molecule has 0 aromatic heterocycles. The number of carbonyl (C=O) groups excluding carboxylic acids is 1. The molecule has 1 amide bonds. The first-order valence-electron chi connectivity index (χ1n) is 6.53. The first kappa shape index (κ1) is 16.0. The summed E-state index contributed by atoms with van der Waals surface area (Å²) in [6.07, 6.45) is 0. The normalized spacial score (nSPS) is 10.4. The average molecular weight is 279 g/mol. The van der Waals surface area contributed by atoms with E-state index < -0.39 is 5.97 Å². The highest BCUT2D eigenvalue weighted by molar-refractivity contribution is 5.82. The zero-order valence-electron chi connectivity index (χ0n) is 12.3. The van der Waals surface area contributed by atoms with Gasteiger partial charge < -0.3 is 14.7 Å². The van der Waals surface area contributed by atoms with Gasteiger partial charge in [0.1, 0.15) is 12.3 Å². The number of benzene rings is 1. The van der Waals surface area contributed by atoms with Gasteiger partial charge in [-0.1, -0.05) is 18.2 Å². The molecule has 1 aromatic rings. The van der Waals surface area contributed by atoms with Crippen LogP contribution in [-0.4, -0.2) is 41.1 Å². The zero-order valence-corrected chi connectivity index (χ0v) is 12.3. The molecule has 0 atom stereocenters. The lowest BCUT2D eigenvalue weighted by Gasteiger charge is -2.25. The van der Waals surface area contributed by atoms with Crippen molar-refractivity contribution in [2.75, 3.05) is 13.2 Å². The number of aryl methyl sites for hydroxylation is 2. The number of carboxylic acids is 1. The van der Waals surface area contributed by atoms with E-state index in [1.807, 2.05) is 32.0 Å². The first-order chi connectivity index (χ1) is 9.32. The first-order valence-corrected chi connectivity index (χ1v) is 6.53. The zero-order chi connectivity index (χ0) is 15.3. The lowest BCUT2D eigenvalue weighted by Crippen LogP contribution is -2.43. The quantitative estimate of drug-likeness (QED) is 0.865. The van der Waals surface area contributed by atoms with Crippen molar-refractivity contribution in [3.8, 4) is 5.75 Å². The van der Waals surface area contributed by atoms with Crippen molar-refractivity contribution >= 4 is 11.9 Å². The molecule has 0 radical (unpaired) electrons. The highest BCUT2D eigenvalue weighted by atomic mass is 16.5. The maximum absolute atomic E-state index is 12.1. The van der Waals surface area contributed by atoms with Crippen LogP contribution in [0.1, 0.15) is 25.0 Å². The Morgan fingerprint density at radius 3 is 2.25 bits per heavy atom. The fraction of sp³-hybridized carbons (Fsp3) is 0.467. The Morgan fingerprint density at radius 2 is 1.80 bits per heavy atom. The molecule has 1 aromatic carbocycles. The van der Waals surface area contributed by atoms with Crippen LogP contribution in [0, 0.1) is 13.8 Å². The molecular weight excluding hydrogens is 258 g/mol. The number of hydrogen-bond donors (Lipinski definition) is 1. The third kappa shape index (κ3) is 4.26. The molecule has 0 aliphatic carbocycles. The molecule has 0 spiro atoms. The van der Waals surface area contributed by atoms with Crippen molar-refractivity contribution in [3.63, 3.8) is 0 Å². The van der Waals surface area contributed by atoms with E-state index in [1.54, 1.807) is 13.8 Å². The maximum Gasteiger partial charge on any atom is 0.323 e. The molecule has 1 N–H and O–H groups in total. The second-order valence-electron chi connectivity index (χ2n) is 5.02. The van der Waals surface area contributed by atoms with Gasteiger partial charge in [-0.05, 0) is 38.8 Å². The molecule has 0 unspecified atom stereocenters. The Bertz CT molecular complexity index is 476. The molecule has 0 heterocycles. The second kappa shape index (κ2) is 6.93. The summed E-state index contributed by atoms with van der Waals surface area (Å²) in [5.41, 5.74) is 1.90. The minimum atomic E-state index is -1.03. The van der Waals surface area contributed by atoms with Gasteiger partial charge in [-0.3, -0.25) is 9.59 Å². The molecule has 0 saturated heterocycles. The number of amides is 1. The van der Waals surface area contributed by atoms with Crippen LogP contribution < -0.4 is 4.74 Å². The van der Waals surface area contributed by atoms with Crippen molar-refractivity contribution in [2.45, 2.75) is 33.7 Å². The van der Waals surface area contributed by atoms with Crippen LogP contribution >= 0.6 is 0 Å². The monoisotopic (exact) mass is 279 g/mol. The molecule has 110 valence electrons. The van der Waals surface area contributed by atoms with Gasteiger partial charge in [0.2, 0.25) is 0 Å². The summed E-state index contributed by atoms with van der Waals surface area (Å²) in [4.78, 5) is 24.1. The van der Waals surface area contributed by atoms with E-state index in [9.17, 15) is 9.59 Å². The van der Waals surface area contributed by atoms with Gasteiger partial charge in [0.25, 0.3) is 5.91 Å². The number of rotatable bonds is 6. The van der Waals surface area contributed by atoms with E-state index in [2.05, 4.69) is 0 Å². The Balaban J connectivity index is 2.72. The minimum Gasteiger partial charge on any atom is -0.483 e. The SMILES string of the molecule is Cc1cccc(C)c1OCC(=O)N(CC(=O)O)C(C)C. The van der Waals surface area contributed by atoms with Crippen molar-refractivity contribution < 1.29 is 19.4 Å². The highest BCUT2D eigenvalue weighted by Crippen LogP contribution is 2.22. The molecule has 5 nitrogen and oxygen atoms in total. The molecule has 1 rings (SSSR count). The number of carboxylic acid groups (broad SMARTS) is 1. The third-order valence-corrected chi connectivity index (χ3v) is 3.00.